The van der Waals surface area contributed by atoms with Crippen LogP contribution in [-0.2, 0) is 4.74 Å². The van der Waals surface area contributed by atoms with Crippen LogP contribution in [-0.4, -0.2) is 12.1 Å². The standard InChI is InChI=1S/C13H17O2/c1-3-8-12(4-2)15-13(14)11-9-6-5-7-10-11/h5-7,9,12H,3-4,8H2,1-2H3. The molecule has 2 nitrogen and oxygen atoms in total. The molecule has 0 aromatic heterocycles. The number of ether oxygens (including phenoxy) is 1. The third kappa shape index (κ3) is 3.74. The fourth-order valence-corrected chi connectivity index (χ4v) is 1.40. The van der Waals surface area contributed by atoms with Crippen LogP contribution in [0.4, 0.5) is 0 Å². The lowest BCUT2D eigenvalue weighted by atomic mass is 10.1. The monoisotopic (exact) mass is 205 g/mol. The number of hydrogen-bond acceptors (Lipinski definition) is 2. The van der Waals surface area contributed by atoms with Gasteiger partial charge in [0.25, 0.3) is 0 Å². The van der Waals surface area contributed by atoms with Crippen molar-refractivity contribution < 1.29 is 9.53 Å². The van der Waals surface area contributed by atoms with E-state index in [2.05, 4.69) is 13.0 Å². The first kappa shape index (κ1) is 11.8. The van der Waals surface area contributed by atoms with Gasteiger partial charge in [0.2, 0.25) is 0 Å². The predicted molar refractivity (Wildman–Crippen MR) is 59.7 cm³/mol. The van der Waals surface area contributed by atoms with E-state index in [0.29, 0.717) is 5.56 Å². The Balaban J connectivity index is 2.55. The van der Waals surface area contributed by atoms with Gasteiger partial charge in [0.1, 0.15) is 6.10 Å². The zero-order valence-electron chi connectivity index (χ0n) is 9.32. The zero-order chi connectivity index (χ0) is 11.1. The summed E-state index contributed by atoms with van der Waals surface area (Å²) in [5.74, 6) is -0.268. The molecule has 0 amide bonds. The van der Waals surface area contributed by atoms with Crippen LogP contribution in [0.15, 0.2) is 24.3 Å². The Morgan fingerprint density at radius 2 is 2.27 bits per heavy atom. The lowest BCUT2D eigenvalue weighted by Gasteiger charge is -2.14. The van der Waals surface area contributed by atoms with Gasteiger partial charge in [-0.2, -0.15) is 0 Å². The fraction of sp³-hybridized carbons (Fsp3) is 0.462. The molecular formula is C13H17O2. The fourth-order valence-electron chi connectivity index (χ4n) is 1.40. The van der Waals surface area contributed by atoms with Gasteiger partial charge >= 0.3 is 5.97 Å². The van der Waals surface area contributed by atoms with Crippen LogP contribution in [0.1, 0.15) is 43.5 Å². The third-order valence-electron chi connectivity index (χ3n) is 2.27. The average molecular weight is 205 g/mol. The van der Waals surface area contributed by atoms with Gasteiger partial charge in [0, 0.05) is 0 Å². The van der Waals surface area contributed by atoms with Crippen molar-refractivity contribution in [2.45, 2.75) is 39.2 Å². The van der Waals surface area contributed by atoms with E-state index in [-0.39, 0.29) is 12.1 Å². The summed E-state index contributed by atoms with van der Waals surface area (Å²) in [5.41, 5.74) is 0.507. The molecule has 1 unspecified atom stereocenters. The van der Waals surface area contributed by atoms with E-state index in [1.807, 2.05) is 19.1 Å². The molecule has 0 saturated heterocycles. The van der Waals surface area contributed by atoms with Gasteiger partial charge in [-0.15, -0.1) is 0 Å². The Morgan fingerprint density at radius 3 is 2.80 bits per heavy atom. The molecule has 0 bridgehead atoms. The maximum Gasteiger partial charge on any atom is 0.339 e. The van der Waals surface area contributed by atoms with Gasteiger partial charge in [-0.3, -0.25) is 0 Å². The molecule has 0 aliphatic carbocycles. The summed E-state index contributed by atoms with van der Waals surface area (Å²) in [6.45, 7) is 4.12. The van der Waals surface area contributed by atoms with Crippen LogP contribution in [0.2, 0.25) is 0 Å². The van der Waals surface area contributed by atoms with E-state index in [9.17, 15) is 4.79 Å². The van der Waals surface area contributed by atoms with Gasteiger partial charge < -0.3 is 4.74 Å². The molecule has 0 aliphatic heterocycles. The lowest BCUT2D eigenvalue weighted by molar-refractivity contribution is 0.0271. The van der Waals surface area contributed by atoms with Crippen molar-refractivity contribution in [3.63, 3.8) is 0 Å². The Hall–Kier alpha value is -1.31. The smallest absolute Gasteiger partial charge is 0.339 e. The van der Waals surface area contributed by atoms with Crippen LogP contribution < -0.4 is 0 Å². The Bertz CT molecular complexity index is 293. The summed E-state index contributed by atoms with van der Waals surface area (Å²) in [5, 5.41) is 0. The highest BCUT2D eigenvalue weighted by Crippen LogP contribution is 2.10. The Kier molecular flexibility index (Phi) is 4.88. The van der Waals surface area contributed by atoms with Crippen molar-refractivity contribution in [3.8, 4) is 0 Å². The van der Waals surface area contributed by atoms with Crippen LogP contribution in [0, 0.1) is 6.07 Å². The summed E-state index contributed by atoms with van der Waals surface area (Å²) >= 11 is 0. The molecule has 2 heteroatoms. The second kappa shape index (κ2) is 6.23. The second-order valence-electron chi connectivity index (χ2n) is 3.50. The van der Waals surface area contributed by atoms with Crippen LogP contribution in [0.25, 0.3) is 0 Å². The Morgan fingerprint density at radius 1 is 1.47 bits per heavy atom. The van der Waals surface area contributed by atoms with Crippen LogP contribution in [0.3, 0.4) is 0 Å². The Labute approximate surface area is 91.3 Å². The highest BCUT2D eigenvalue weighted by atomic mass is 16.5. The number of hydrogen-bond donors (Lipinski definition) is 0. The molecule has 1 atom stereocenters. The number of carbonyl (C=O) groups excluding carboxylic acids is 1. The van der Waals surface area contributed by atoms with Crippen molar-refractivity contribution in [1.29, 1.82) is 0 Å². The van der Waals surface area contributed by atoms with Crippen molar-refractivity contribution in [1.82, 2.24) is 0 Å². The summed E-state index contributed by atoms with van der Waals surface area (Å²) in [7, 11) is 0. The normalized spacial score (nSPS) is 12.1. The highest BCUT2D eigenvalue weighted by molar-refractivity contribution is 5.89. The summed E-state index contributed by atoms with van der Waals surface area (Å²) in [6, 6.07) is 9.95. The summed E-state index contributed by atoms with van der Waals surface area (Å²) in [6.07, 6.45) is 2.86. The molecule has 0 aliphatic rings. The molecule has 1 aromatic carbocycles. The maximum absolute atomic E-state index is 11.6. The lowest BCUT2D eigenvalue weighted by Crippen LogP contribution is -2.17. The van der Waals surface area contributed by atoms with Gasteiger partial charge in [0.05, 0.1) is 5.56 Å². The summed E-state index contributed by atoms with van der Waals surface area (Å²) in [4.78, 5) is 11.6. The minimum Gasteiger partial charge on any atom is -0.459 e. The summed E-state index contributed by atoms with van der Waals surface area (Å²) < 4.78 is 5.36. The van der Waals surface area contributed by atoms with E-state index in [1.54, 1.807) is 12.1 Å². The number of rotatable bonds is 5. The minimum absolute atomic E-state index is 0.0381. The first-order valence-corrected chi connectivity index (χ1v) is 5.45. The quantitative estimate of drug-likeness (QED) is 0.690. The SMILES string of the molecule is CCCC(CC)OC(=O)c1[c]cccc1. The molecule has 0 heterocycles. The molecular weight excluding hydrogens is 188 g/mol. The molecule has 15 heavy (non-hydrogen) atoms. The average Bonchev–Trinajstić information content (AvgIpc) is 2.29. The van der Waals surface area contributed by atoms with Crippen LogP contribution in [0.5, 0.6) is 0 Å². The molecule has 1 aromatic rings. The van der Waals surface area contributed by atoms with E-state index in [1.165, 1.54) is 0 Å². The maximum atomic E-state index is 11.6. The van der Waals surface area contributed by atoms with E-state index >= 15 is 0 Å². The van der Waals surface area contributed by atoms with E-state index in [0.717, 1.165) is 19.3 Å². The topological polar surface area (TPSA) is 26.3 Å². The number of benzene rings is 1. The van der Waals surface area contributed by atoms with Gasteiger partial charge in [-0.05, 0) is 25.0 Å². The van der Waals surface area contributed by atoms with E-state index < -0.39 is 0 Å². The molecule has 1 radical (unpaired) electrons. The van der Waals surface area contributed by atoms with Gasteiger partial charge in [-0.25, -0.2) is 4.79 Å². The molecule has 0 spiro atoms. The van der Waals surface area contributed by atoms with Crippen molar-refractivity contribution in [2.75, 3.05) is 0 Å². The largest absolute Gasteiger partial charge is 0.459 e. The molecule has 0 N–H and O–H groups in total. The van der Waals surface area contributed by atoms with Gasteiger partial charge in [-0.1, -0.05) is 38.5 Å². The minimum atomic E-state index is -0.268. The van der Waals surface area contributed by atoms with E-state index in [4.69, 9.17) is 4.74 Å². The van der Waals surface area contributed by atoms with Crippen molar-refractivity contribution in [2.24, 2.45) is 0 Å². The highest BCUT2D eigenvalue weighted by Gasteiger charge is 2.12. The molecule has 1 rings (SSSR count). The third-order valence-corrected chi connectivity index (χ3v) is 2.27. The number of esters is 1. The van der Waals surface area contributed by atoms with Crippen molar-refractivity contribution in [3.05, 3.63) is 35.9 Å². The zero-order valence-corrected chi connectivity index (χ0v) is 9.32. The number of carbonyl (C=O) groups is 1. The first-order chi connectivity index (χ1) is 7.27. The first-order valence-electron chi connectivity index (χ1n) is 5.45. The second-order valence-corrected chi connectivity index (χ2v) is 3.50. The predicted octanol–water partition coefficient (Wildman–Crippen LogP) is 3.22. The van der Waals surface area contributed by atoms with Crippen LogP contribution >= 0.6 is 0 Å². The van der Waals surface area contributed by atoms with Crippen molar-refractivity contribution >= 4 is 5.97 Å². The molecule has 0 fully saturated rings. The molecule has 81 valence electrons. The van der Waals surface area contributed by atoms with Gasteiger partial charge in [0.15, 0.2) is 0 Å². The molecule has 0 saturated carbocycles.